The first kappa shape index (κ1) is 39.8. The van der Waals surface area contributed by atoms with Crippen LogP contribution < -0.4 is 15.3 Å². The number of carbonyl (C=O) groups is 2. The maximum absolute atomic E-state index is 14.3. The van der Waals surface area contributed by atoms with Gasteiger partial charge in [0.1, 0.15) is 5.75 Å². The molecule has 3 N–H and O–H groups in total. The number of pyridine rings is 1. The molecule has 0 saturated carbocycles. The van der Waals surface area contributed by atoms with Gasteiger partial charge in [-0.2, -0.15) is 0 Å². The van der Waals surface area contributed by atoms with Gasteiger partial charge < -0.3 is 19.7 Å². The summed E-state index contributed by atoms with van der Waals surface area (Å²) >= 11 is 0. The monoisotopic (exact) mass is 778 g/mol. The summed E-state index contributed by atoms with van der Waals surface area (Å²) in [6, 6.07) is 42.1. The Morgan fingerprint density at radius 1 is 0.842 bits per heavy atom. The molecule has 4 atom stereocenters. The van der Waals surface area contributed by atoms with Crippen molar-refractivity contribution in [2.45, 2.75) is 51.2 Å². The van der Waals surface area contributed by atoms with Crippen LogP contribution >= 0.6 is 0 Å². The van der Waals surface area contributed by atoms with Crippen molar-refractivity contribution in [2.75, 3.05) is 18.1 Å². The zero-order chi connectivity index (χ0) is 40.2. The number of allylic oxidation sites excluding steroid dienone is 1. The molecule has 8 nitrogen and oxygen atoms in total. The number of phenolic OH excluding ortho intramolecular Hbond substituents is 1. The molecular formula is C48H50N2O6Si. The average molecular weight is 779 g/mol. The zero-order valence-electron chi connectivity index (χ0n) is 32.7. The SMILES string of the molecule is CC(C)(C)[Si](OCC1=C([C@H](O)CC/C(=C/c2ccc(O)cc2)c2ccccn2)[C@H](CO)[C@@H]2C(=O)N(c3ccccc3)C(=O)[C@@H]2C1)(c1ccccc1)c1ccccc1. The Morgan fingerprint density at radius 3 is 2.00 bits per heavy atom. The quantitative estimate of drug-likeness (QED) is 0.0660. The molecule has 1 fully saturated rings. The van der Waals surface area contributed by atoms with E-state index in [4.69, 9.17) is 4.43 Å². The number of nitrogens with zero attached hydrogens (tertiary/aromatic N) is 2. The number of rotatable bonds is 13. The lowest BCUT2D eigenvalue weighted by atomic mass is 9.68. The van der Waals surface area contributed by atoms with E-state index in [1.165, 1.54) is 4.90 Å². The number of fused-ring (bicyclic) bond motifs is 1. The Balaban J connectivity index is 1.31. The minimum atomic E-state index is -3.06. The Kier molecular flexibility index (Phi) is 11.8. The van der Waals surface area contributed by atoms with Gasteiger partial charge in [0.2, 0.25) is 11.8 Å². The van der Waals surface area contributed by atoms with E-state index in [1.54, 1.807) is 42.6 Å². The van der Waals surface area contributed by atoms with Crippen molar-refractivity contribution in [1.82, 2.24) is 4.98 Å². The van der Waals surface area contributed by atoms with Gasteiger partial charge in [0.25, 0.3) is 8.32 Å². The fourth-order valence-corrected chi connectivity index (χ4v) is 13.5. The summed E-state index contributed by atoms with van der Waals surface area (Å²) in [6.45, 7) is 6.30. The lowest BCUT2D eigenvalue weighted by Crippen LogP contribution is -2.66. The predicted molar refractivity (Wildman–Crippen MR) is 227 cm³/mol. The number of hydrogen-bond acceptors (Lipinski definition) is 7. The van der Waals surface area contributed by atoms with Gasteiger partial charge in [-0.15, -0.1) is 0 Å². The molecule has 1 aliphatic carbocycles. The van der Waals surface area contributed by atoms with Crippen molar-refractivity contribution >= 4 is 47.8 Å². The summed E-state index contributed by atoms with van der Waals surface area (Å²) in [5, 5.41) is 35.4. The summed E-state index contributed by atoms with van der Waals surface area (Å²) in [5.74, 6) is -2.87. The van der Waals surface area contributed by atoms with Crippen molar-refractivity contribution in [2.24, 2.45) is 17.8 Å². The largest absolute Gasteiger partial charge is 0.508 e. The maximum Gasteiger partial charge on any atom is 0.261 e. The third-order valence-corrected chi connectivity index (χ3v) is 16.5. The van der Waals surface area contributed by atoms with E-state index in [0.717, 1.165) is 32.8 Å². The van der Waals surface area contributed by atoms with Crippen LogP contribution in [-0.4, -0.2) is 59.8 Å². The Labute approximate surface area is 336 Å². The van der Waals surface area contributed by atoms with Crippen LogP contribution in [0, 0.1) is 17.8 Å². The summed E-state index contributed by atoms with van der Waals surface area (Å²) in [4.78, 5) is 34.5. The molecular weight excluding hydrogens is 729 g/mol. The molecule has 57 heavy (non-hydrogen) atoms. The van der Waals surface area contributed by atoms with Gasteiger partial charge >= 0.3 is 0 Å². The molecule has 1 saturated heterocycles. The summed E-state index contributed by atoms with van der Waals surface area (Å²) in [5.41, 5.74) is 4.30. The molecule has 1 aromatic heterocycles. The molecule has 2 amide bonds. The molecule has 2 aliphatic rings. The van der Waals surface area contributed by atoms with E-state index in [1.807, 2.05) is 78.9 Å². The number of hydrogen-bond donors (Lipinski definition) is 3. The maximum atomic E-state index is 14.3. The first-order chi connectivity index (χ1) is 27.5. The van der Waals surface area contributed by atoms with E-state index in [0.29, 0.717) is 17.7 Å². The topological polar surface area (TPSA) is 120 Å². The molecule has 9 heteroatoms. The number of amides is 2. The van der Waals surface area contributed by atoms with Crippen LogP contribution in [0.3, 0.4) is 0 Å². The number of carbonyl (C=O) groups excluding carboxylic acids is 2. The Hall–Kier alpha value is -5.45. The molecule has 5 aromatic rings. The number of aromatic hydroxyl groups is 1. The highest BCUT2D eigenvalue weighted by molar-refractivity contribution is 6.99. The average Bonchev–Trinajstić information content (AvgIpc) is 3.48. The Bertz CT molecular complexity index is 2180. The number of para-hydroxylation sites is 1. The lowest BCUT2D eigenvalue weighted by Gasteiger charge is -2.44. The number of anilines is 1. The number of aromatic nitrogens is 1. The second-order valence-corrected chi connectivity index (χ2v) is 20.3. The summed E-state index contributed by atoms with van der Waals surface area (Å²) in [6.07, 6.45) is 3.55. The molecule has 0 spiro atoms. The van der Waals surface area contributed by atoms with Crippen LogP contribution in [0.15, 0.2) is 151 Å². The minimum Gasteiger partial charge on any atom is -0.508 e. The molecule has 0 bridgehead atoms. The number of aliphatic hydroxyl groups is 2. The zero-order valence-corrected chi connectivity index (χ0v) is 33.7. The van der Waals surface area contributed by atoms with E-state index in [-0.39, 0.29) is 42.1 Å². The van der Waals surface area contributed by atoms with E-state index >= 15 is 0 Å². The van der Waals surface area contributed by atoms with Crippen molar-refractivity contribution in [3.63, 3.8) is 0 Å². The highest BCUT2D eigenvalue weighted by Gasteiger charge is 2.56. The fraction of sp³-hybridized carbons (Fsp3) is 0.271. The molecule has 1 aliphatic heterocycles. The highest BCUT2D eigenvalue weighted by Crippen LogP contribution is 2.48. The van der Waals surface area contributed by atoms with E-state index in [2.05, 4.69) is 50.0 Å². The van der Waals surface area contributed by atoms with Gasteiger partial charge in [-0.3, -0.25) is 19.5 Å². The van der Waals surface area contributed by atoms with E-state index in [9.17, 15) is 24.9 Å². The summed E-state index contributed by atoms with van der Waals surface area (Å²) < 4.78 is 7.42. The van der Waals surface area contributed by atoms with Crippen molar-refractivity contribution in [1.29, 1.82) is 0 Å². The number of phenols is 1. The van der Waals surface area contributed by atoms with Gasteiger partial charge in [-0.25, -0.2) is 0 Å². The molecule has 0 radical (unpaired) electrons. The van der Waals surface area contributed by atoms with Crippen LogP contribution in [0.1, 0.15) is 51.3 Å². The fourth-order valence-electron chi connectivity index (χ4n) is 8.93. The van der Waals surface area contributed by atoms with Crippen molar-refractivity contribution in [3.05, 3.63) is 162 Å². The first-order valence-electron chi connectivity index (χ1n) is 19.6. The third kappa shape index (κ3) is 7.93. The standard InChI is InChI=1S/C48H50N2O6Si/c1-48(2,3)57(38-17-9-5-10-18-38,39-19-11-6-12-20-39)56-32-35-30-40-45(47(55)50(46(40)54)36-15-7-4-8-16-36)41(31-51)44(35)43(53)27-24-34(42-21-13-14-28-49-42)29-33-22-25-37(52)26-23-33/h4-23,25-26,28-29,40-41,43,45,51-53H,24,27,30-32H2,1-3H3/b34-29-/t40-,41+,43-,45-/m1/s1. The number of imide groups is 1. The van der Waals surface area contributed by atoms with Crippen molar-refractivity contribution in [3.8, 4) is 5.75 Å². The minimum absolute atomic E-state index is 0.114. The van der Waals surface area contributed by atoms with Crippen LogP contribution in [0.5, 0.6) is 5.75 Å². The van der Waals surface area contributed by atoms with Crippen molar-refractivity contribution < 1.29 is 29.3 Å². The second kappa shape index (κ2) is 17.0. The smallest absolute Gasteiger partial charge is 0.261 e. The predicted octanol–water partition coefficient (Wildman–Crippen LogP) is 7.16. The first-order valence-corrected chi connectivity index (χ1v) is 21.5. The molecule has 2 heterocycles. The van der Waals surface area contributed by atoms with Gasteiger partial charge in [0, 0.05) is 12.1 Å². The summed E-state index contributed by atoms with van der Waals surface area (Å²) in [7, 11) is -3.06. The van der Waals surface area contributed by atoms with Gasteiger partial charge in [-0.1, -0.05) is 118 Å². The molecule has 0 unspecified atom stereocenters. The second-order valence-electron chi connectivity index (χ2n) is 16.0. The molecule has 7 rings (SSSR count). The Morgan fingerprint density at radius 2 is 1.44 bits per heavy atom. The number of benzene rings is 4. The van der Waals surface area contributed by atoms with Gasteiger partial charge in [0.05, 0.1) is 42.5 Å². The van der Waals surface area contributed by atoms with E-state index < -0.39 is 38.8 Å². The lowest BCUT2D eigenvalue weighted by molar-refractivity contribution is -0.123. The van der Waals surface area contributed by atoms with Crippen LogP contribution in [0.4, 0.5) is 5.69 Å². The van der Waals surface area contributed by atoms with Crippen LogP contribution in [0.2, 0.25) is 5.04 Å². The van der Waals surface area contributed by atoms with Crippen LogP contribution in [-0.2, 0) is 14.0 Å². The van der Waals surface area contributed by atoms with Gasteiger partial charge in [-0.05, 0) is 99.4 Å². The third-order valence-electron chi connectivity index (χ3n) is 11.5. The van der Waals surface area contributed by atoms with Gasteiger partial charge in [0.15, 0.2) is 0 Å². The normalized spacial score (nSPS) is 19.5. The molecule has 292 valence electrons. The molecule has 4 aromatic carbocycles. The van der Waals surface area contributed by atoms with Crippen LogP contribution in [0.25, 0.3) is 11.6 Å². The number of aliphatic hydroxyl groups excluding tert-OH is 2. The highest BCUT2D eigenvalue weighted by atomic mass is 28.4.